The molecule has 1 aromatic heterocycles. The molecule has 3 rings (SSSR count). The average Bonchev–Trinajstić information content (AvgIpc) is 2.86. The van der Waals surface area contributed by atoms with Crippen LogP contribution in [0.5, 0.6) is 0 Å². The number of ether oxygens (including phenoxy) is 1. The van der Waals surface area contributed by atoms with Gasteiger partial charge in [-0.25, -0.2) is 4.79 Å². The number of aromatic nitrogens is 2. The summed E-state index contributed by atoms with van der Waals surface area (Å²) in [7, 11) is 0. The van der Waals surface area contributed by atoms with E-state index < -0.39 is 35.6 Å². The SMILES string of the molecule is [2H][C@H](C)[C@@]12CS[C@@H]([C@H](n3cc(C)c(=O)[nH]c3=O)O1)[C@@H]2O. The lowest BCUT2D eigenvalue weighted by Gasteiger charge is -2.30. The molecule has 3 heterocycles. The third-order valence-corrected chi connectivity index (χ3v) is 5.34. The van der Waals surface area contributed by atoms with E-state index in [0.29, 0.717) is 11.3 Å². The van der Waals surface area contributed by atoms with Gasteiger partial charge in [-0.05, 0) is 13.3 Å². The highest BCUT2D eigenvalue weighted by atomic mass is 32.2. The van der Waals surface area contributed by atoms with E-state index in [9.17, 15) is 14.7 Å². The van der Waals surface area contributed by atoms with E-state index in [-0.39, 0.29) is 5.25 Å². The first-order valence-corrected chi connectivity index (χ1v) is 7.13. The van der Waals surface area contributed by atoms with Crippen molar-refractivity contribution in [3.8, 4) is 0 Å². The molecule has 6 nitrogen and oxygen atoms in total. The fourth-order valence-corrected chi connectivity index (χ4v) is 4.25. The summed E-state index contributed by atoms with van der Waals surface area (Å²) in [4.78, 5) is 25.6. The van der Waals surface area contributed by atoms with E-state index in [1.54, 1.807) is 13.8 Å². The maximum atomic E-state index is 11.9. The minimum atomic E-state index is -0.941. The van der Waals surface area contributed by atoms with Crippen molar-refractivity contribution in [2.75, 3.05) is 5.75 Å². The van der Waals surface area contributed by atoms with Crippen molar-refractivity contribution < 1.29 is 11.2 Å². The van der Waals surface area contributed by atoms with Crippen LogP contribution in [0.3, 0.4) is 0 Å². The summed E-state index contributed by atoms with van der Waals surface area (Å²) in [5.74, 6) is 0.539. The number of rotatable bonds is 2. The molecule has 7 heteroatoms. The van der Waals surface area contributed by atoms with Crippen molar-refractivity contribution in [1.82, 2.24) is 9.55 Å². The normalized spacial score (nSPS) is 39.3. The molecule has 0 spiro atoms. The zero-order chi connectivity index (χ0) is 14.7. The summed E-state index contributed by atoms with van der Waals surface area (Å²) in [6.07, 6.45) is -0.592. The van der Waals surface area contributed by atoms with Gasteiger partial charge >= 0.3 is 5.69 Å². The number of hydrogen-bond donors (Lipinski definition) is 2. The number of aliphatic hydroxyl groups excluding tert-OH is 1. The van der Waals surface area contributed by atoms with Gasteiger partial charge in [0.25, 0.3) is 5.56 Å². The van der Waals surface area contributed by atoms with Crippen LogP contribution in [0.1, 0.15) is 26.5 Å². The summed E-state index contributed by atoms with van der Waals surface area (Å²) in [6, 6.07) is 0. The quantitative estimate of drug-likeness (QED) is 0.799. The average molecular weight is 285 g/mol. The number of H-pyrrole nitrogens is 1. The van der Waals surface area contributed by atoms with Crippen molar-refractivity contribution in [3.05, 3.63) is 32.6 Å². The van der Waals surface area contributed by atoms with E-state index in [2.05, 4.69) is 4.98 Å². The summed E-state index contributed by atoms with van der Waals surface area (Å²) in [6.45, 7) is 3.28. The largest absolute Gasteiger partial charge is 0.389 e. The molecular weight excluding hydrogens is 268 g/mol. The lowest BCUT2D eigenvalue weighted by atomic mass is 9.96. The molecule has 104 valence electrons. The van der Waals surface area contributed by atoms with E-state index in [1.165, 1.54) is 22.5 Å². The molecule has 0 radical (unpaired) electrons. The van der Waals surface area contributed by atoms with Crippen molar-refractivity contribution in [1.29, 1.82) is 0 Å². The smallest absolute Gasteiger partial charge is 0.330 e. The van der Waals surface area contributed by atoms with E-state index in [4.69, 9.17) is 6.11 Å². The molecule has 2 aliphatic rings. The number of hydrogen-bond acceptors (Lipinski definition) is 5. The highest BCUT2D eigenvalue weighted by molar-refractivity contribution is 8.00. The highest BCUT2D eigenvalue weighted by Gasteiger charge is 2.59. The lowest BCUT2D eigenvalue weighted by Crippen LogP contribution is -2.40. The van der Waals surface area contributed by atoms with Crippen LogP contribution in [0.25, 0.3) is 0 Å². The number of nitrogens with zero attached hydrogens (tertiary/aromatic N) is 1. The Bertz CT molecular complexity index is 658. The Balaban J connectivity index is 2.05. The van der Waals surface area contributed by atoms with Crippen LogP contribution in [-0.4, -0.2) is 37.4 Å². The minimum Gasteiger partial charge on any atom is -0.389 e. The topological polar surface area (TPSA) is 84.3 Å². The van der Waals surface area contributed by atoms with E-state index >= 15 is 0 Å². The molecule has 19 heavy (non-hydrogen) atoms. The monoisotopic (exact) mass is 285 g/mol. The fourth-order valence-electron chi connectivity index (χ4n) is 2.63. The molecule has 5 atom stereocenters. The number of aromatic amines is 1. The number of fused-ring (bicyclic) bond motifs is 2. The first-order chi connectivity index (χ1) is 9.36. The first kappa shape index (κ1) is 11.7. The van der Waals surface area contributed by atoms with Crippen LogP contribution < -0.4 is 11.2 Å². The van der Waals surface area contributed by atoms with Crippen molar-refractivity contribution >= 4 is 11.8 Å². The molecule has 0 amide bonds. The molecule has 2 fully saturated rings. The van der Waals surface area contributed by atoms with Crippen LogP contribution in [0.15, 0.2) is 15.8 Å². The Morgan fingerprint density at radius 1 is 1.74 bits per heavy atom. The Morgan fingerprint density at radius 3 is 3.11 bits per heavy atom. The van der Waals surface area contributed by atoms with E-state index in [0.717, 1.165) is 0 Å². The van der Waals surface area contributed by atoms with Gasteiger partial charge in [-0.1, -0.05) is 6.92 Å². The predicted octanol–water partition coefficient (Wildman–Crippen LogP) is -0.00108. The van der Waals surface area contributed by atoms with Gasteiger partial charge in [0, 0.05) is 18.9 Å². The number of nitrogens with one attached hydrogen (secondary N) is 1. The van der Waals surface area contributed by atoms with Crippen LogP contribution in [0.4, 0.5) is 0 Å². The number of aryl methyl sites for hydroxylation is 1. The summed E-state index contributed by atoms with van der Waals surface area (Å²) in [5.41, 5.74) is -1.52. The van der Waals surface area contributed by atoms with Crippen molar-refractivity contribution in [2.45, 2.75) is 43.4 Å². The molecule has 0 aromatic carbocycles. The maximum Gasteiger partial charge on any atom is 0.330 e. The van der Waals surface area contributed by atoms with Crippen molar-refractivity contribution in [2.24, 2.45) is 0 Å². The standard InChI is InChI=1S/C12H16N2O4S/c1-3-12-5-19-7(8(12)15)10(18-12)14-4-6(2)9(16)13-11(14)17/h4,7-8,10,15H,3,5H2,1-2H3,(H,13,16,17)/t7-,8+,10-,12+/m1/s1/i3D/t3-,7-,8+,10-,12+. The Kier molecular flexibility index (Phi) is 2.61. The lowest BCUT2D eigenvalue weighted by molar-refractivity contribution is -0.0914. The second-order valence-electron chi connectivity index (χ2n) is 4.95. The van der Waals surface area contributed by atoms with Gasteiger partial charge in [-0.2, -0.15) is 0 Å². The van der Waals surface area contributed by atoms with Crippen LogP contribution in [0, 0.1) is 6.92 Å². The highest BCUT2D eigenvalue weighted by Crippen LogP contribution is 2.52. The fraction of sp³-hybridized carbons (Fsp3) is 0.667. The Hall–Kier alpha value is -1.05. The van der Waals surface area contributed by atoms with Crippen LogP contribution in [0.2, 0.25) is 0 Å². The van der Waals surface area contributed by atoms with Gasteiger partial charge < -0.3 is 9.84 Å². The molecule has 2 aliphatic heterocycles. The first-order valence-electron chi connectivity index (χ1n) is 6.66. The second-order valence-corrected chi connectivity index (χ2v) is 6.12. The molecule has 2 saturated heterocycles. The maximum absolute atomic E-state index is 11.9. The second kappa shape index (κ2) is 4.22. The minimum absolute atomic E-state index is 0.300. The van der Waals surface area contributed by atoms with Crippen LogP contribution >= 0.6 is 11.8 Å². The van der Waals surface area contributed by atoms with Gasteiger partial charge in [-0.15, -0.1) is 11.8 Å². The van der Waals surface area contributed by atoms with Gasteiger partial charge in [0.2, 0.25) is 0 Å². The summed E-state index contributed by atoms with van der Waals surface area (Å²) < 4.78 is 15.1. The third-order valence-electron chi connectivity index (χ3n) is 3.84. The van der Waals surface area contributed by atoms with Crippen molar-refractivity contribution in [3.63, 3.8) is 0 Å². The zero-order valence-electron chi connectivity index (χ0n) is 11.6. The Morgan fingerprint density at radius 2 is 2.47 bits per heavy atom. The number of aliphatic hydroxyl groups is 1. The molecule has 2 bridgehead atoms. The van der Waals surface area contributed by atoms with E-state index in [1.807, 2.05) is 0 Å². The number of thioether (sulfide) groups is 1. The van der Waals surface area contributed by atoms with Gasteiger partial charge in [0.15, 0.2) is 6.23 Å². The summed E-state index contributed by atoms with van der Waals surface area (Å²) >= 11 is 1.50. The molecule has 2 N–H and O–H groups in total. The van der Waals surface area contributed by atoms with Gasteiger partial charge in [0.05, 0.1) is 5.25 Å². The molecule has 1 aromatic rings. The molecule has 0 unspecified atom stereocenters. The van der Waals surface area contributed by atoms with Gasteiger partial charge in [0.1, 0.15) is 11.7 Å². The third kappa shape index (κ3) is 1.72. The molecule has 0 saturated carbocycles. The zero-order valence-corrected chi connectivity index (χ0v) is 11.4. The predicted molar refractivity (Wildman–Crippen MR) is 71.5 cm³/mol. The van der Waals surface area contributed by atoms with Crippen LogP contribution in [-0.2, 0) is 4.74 Å². The Labute approximate surface area is 115 Å². The molecule has 0 aliphatic carbocycles. The van der Waals surface area contributed by atoms with Gasteiger partial charge in [-0.3, -0.25) is 14.3 Å². The summed E-state index contributed by atoms with van der Waals surface area (Å²) in [5, 5.41) is 10.0. The molecular formula is C12H16N2O4S.